The van der Waals surface area contributed by atoms with Gasteiger partial charge in [0.1, 0.15) is 12.4 Å². The molecule has 2 aliphatic heterocycles. The molecule has 1 aromatic heterocycles. The fourth-order valence-corrected chi connectivity index (χ4v) is 4.62. The van der Waals surface area contributed by atoms with E-state index in [9.17, 15) is 0 Å². The summed E-state index contributed by atoms with van der Waals surface area (Å²) in [5.41, 5.74) is 5.44. The number of aliphatic imine (C=N–C) groups is 1. The Morgan fingerprint density at radius 1 is 1.08 bits per heavy atom. The van der Waals surface area contributed by atoms with Crippen molar-refractivity contribution in [2.75, 3.05) is 34.0 Å². The molecule has 3 aromatic rings. The second-order valence-electron chi connectivity index (χ2n) is 8.95. The van der Waals surface area contributed by atoms with Crippen molar-refractivity contribution in [3.8, 4) is 22.5 Å². The third-order valence-electron chi connectivity index (χ3n) is 6.73. The molecule has 2 aliphatic rings. The number of ether oxygens (including phenoxy) is 2. The minimum atomic E-state index is -0.0413. The number of H-pyrrole nitrogens is 1. The van der Waals surface area contributed by atoms with Crippen molar-refractivity contribution >= 4 is 5.84 Å². The number of hydrogen-bond acceptors (Lipinski definition) is 9. The number of tetrazole rings is 1. The molecule has 0 saturated heterocycles. The van der Waals surface area contributed by atoms with Crippen LogP contribution in [-0.4, -0.2) is 87.6 Å². The molecule has 0 spiro atoms. The van der Waals surface area contributed by atoms with Gasteiger partial charge in [-0.1, -0.05) is 48.5 Å². The van der Waals surface area contributed by atoms with Gasteiger partial charge in [0.25, 0.3) is 0 Å². The monoisotopic (exact) mass is 488 g/mol. The molecule has 2 unspecified atom stereocenters. The summed E-state index contributed by atoms with van der Waals surface area (Å²) >= 11 is 0. The van der Waals surface area contributed by atoms with Crippen molar-refractivity contribution in [3.05, 3.63) is 66.0 Å². The van der Waals surface area contributed by atoms with Crippen LogP contribution in [0.1, 0.15) is 19.4 Å². The van der Waals surface area contributed by atoms with Gasteiger partial charge in [0, 0.05) is 39.1 Å². The zero-order valence-electron chi connectivity index (χ0n) is 21.1. The summed E-state index contributed by atoms with van der Waals surface area (Å²) in [5.74, 6) is 1.60. The number of amidine groups is 1. The number of fused-ring (bicyclic) bond motifs is 1. The maximum absolute atomic E-state index is 5.61. The van der Waals surface area contributed by atoms with Crippen molar-refractivity contribution in [2.45, 2.75) is 32.8 Å². The van der Waals surface area contributed by atoms with Crippen molar-refractivity contribution in [1.29, 1.82) is 0 Å². The number of hydrogen-bond donors (Lipinski definition) is 1. The molecule has 36 heavy (non-hydrogen) atoms. The molecular formula is C26H32N8O2. The van der Waals surface area contributed by atoms with Crippen molar-refractivity contribution in [2.24, 2.45) is 4.99 Å². The zero-order chi connectivity index (χ0) is 25.1. The van der Waals surface area contributed by atoms with Crippen LogP contribution in [0.25, 0.3) is 22.5 Å². The molecule has 2 atom stereocenters. The largest absolute Gasteiger partial charge is 0.383 e. The standard InChI is InChI=1S/C26H32N8O2/c1-18-27-26-24(16-33(19(2)36-4)17-32(26)13-14-35-3)34(18)15-20-9-11-21(12-10-20)22-7-5-6-8-23(22)25-28-30-31-29-25/h5-12,16,18-19H,13-15,17H2,1-4H3,(H,28,29,30,31). The Kier molecular flexibility index (Phi) is 6.97. The topological polar surface area (TPSA) is 95.0 Å². The lowest BCUT2D eigenvalue weighted by molar-refractivity contribution is -0.0134. The number of aromatic nitrogens is 4. The summed E-state index contributed by atoms with van der Waals surface area (Å²) in [6.07, 6.45) is 2.17. The van der Waals surface area contributed by atoms with Crippen LogP contribution in [0.15, 0.2) is 65.4 Å². The first-order valence-corrected chi connectivity index (χ1v) is 12.1. The average Bonchev–Trinajstić information content (AvgIpc) is 3.56. The molecule has 10 nitrogen and oxygen atoms in total. The third kappa shape index (κ3) is 4.69. The van der Waals surface area contributed by atoms with E-state index < -0.39 is 0 Å². The molecule has 0 fully saturated rings. The molecule has 3 heterocycles. The Morgan fingerprint density at radius 3 is 2.56 bits per heavy atom. The van der Waals surface area contributed by atoms with Gasteiger partial charge < -0.3 is 24.2 Å². The van der Waals surface area contributed by atoms with Crippen LogP contribution in [0.3, 0.4) is 0 Å². The minimum Gasteiger partial charge on any atom is -0.383 e. The van der Waals surface area contributed by atoms with Crippen molar-refractivity contribution in [3.63, 3.8) is 0 Å². The normalized spacial score (nSPS) is 18.2. The van der Waals surface area contributed by atoms with E-state index in [1.165, 1.54) is 5.56 Å². The fraction of sp³-hybridized carbons (Fsp3) is 0.385. The average molecular weight is 489 g/mol. The first kappa shape index (κ1) is 24.0. The van der Waals surface area contributed by atoms with Gasteiger partial charge in [-0.25, -0.2) is 4.99 Å². The summed E-state index contributed by atoms with van der Waals surface area (Å²) < 4.78 is 11.0. The highest BCUT2D eigenvalue weighted by Crippen LogP contribution is 2.32. The maximum atomic E-state index is 5.61. The summed E-state index contributed by atoms with van der Waals surface area (Å²) in [6, 6.07) is 16.7. The van der Waals surface area contributed by atoms with Crippen LogP contribution in [0.4, 0.5) is 0 Å². The first-order valence-electron chi connectivity index (χ1n) is 12.1. The quantitative estimate of drug-likeness (QED) is 0.491. The summed E-state index contributed by atoms with van der Waals surface area (Å²) in [4.78, 5) is 11.8. The van der Waals surface area contributed by atoms with E-state index in [1.54, 1.807) is 14.2 Å². The number of nitrogens with one attached hydrogen (secondary N) is 1. The minimum absolute atomic E-state index is 0.0349. The Hall–Kier alpha value is -3.76. The molecule has 0 saturated carbocycles. The summed E-state index contributed by atoms with van der Waals surface area (Å²) in [5, 5.41) is 14.6. The van der Waals surface area contributed by atoms with Crippen LogP contribution >= 0.6 is 0 Å². The number of aromatic amines is 1. The van der Waals surface area contributed by atoms with Crippen molar-refractivity contribution in [1.82, 2.24) is 35.3 Å². The Morgan fingerprint density at radius 2 is 1.86 bits per heavy atom. The third-order valence-corrected chi connectivity index (χ3v) is 6.73. The van der Waals surface area contributed by atoms with Crippen LogP contribution < -0.4 is 0 Å². The molecule has 1 N–H and O–H groups in total. The number of methoxy groups -OCH3 is 2. The molecule has 188 valence electrons. The number of nitrogens with zero attached hydrogens (tertiary/aromatic N) is 7. The lowest BCUT2D eigenvalue weighted by atomic mass is 9.98. The molecule has 0 bridgehead atoms. The predicted octanol–water partition coefficient (Wildman–Crippen LogP) is 3.15. The fourth-order valence-electron chi connectivity index (χ4n) is 4.62. The highest BCUT2D eigenvalue weighted by atomic mass is 16.5. The lowest BCUT2D eigenvalue weighted by Crippen LogP contribution is -2.49. The Balaban J connectivity index is 1.38. The van der Waals surface area contributed by atoms with Gasteiger partial charge in [0.2, 0.25) is 5.82 Å². The Bertz CT molecular complexity index is 1230. The predicted molar refractivity (Wildman–Crippen MR) is 137 cm³/mol. The van der Waals surface area contributed by atoms with Gasteiger partial charge in [-0.05, 0) is 35.8 Å². The van der Waals surface area contributed by atoms with Crippen LogP contribution in [0.5, 0.6) is 0 Å². The maximum Gasteiger partial charge on any atom is 0.205 e. The van der Waals surface area contributed by atoms with Gasteiger partial charge in [0.05, 0.1) is 19.0 Å². The summed E-state index contributed by atoms with van der Waals surface area (Å²) in [6.45, 7) is 7.08. The molecule has 10 heteroatoms. The second kappa shape index (κ2) is 10.5. The van der Waals surface area contributed by atoms with E-state index in [-0.39, 0.29) is 12.4 Å². The van der Waals surface area contributed by atoms with E-state index in [1.807, 2.05) is 18.2 Å². The molecular weight excluding hydrogens is 456 g/mol. The Labute approximate surface area is 211 Å². The van der Waals surface area contributed by atoms with E-state index in [4.69, 9.17) is 14.5 Å². The van der Waals surface area contributed by atoms with Crippen LogP contribution in [0, 0.1) is 0 Å². The van der Waals surface area contributed by atoms with Gasteiger partial charge in [-0.3, -0.25) is 0 Å². The van der Waals surface area contributed by atoms with E-state index in [0.29, 0.717) is 12.4 Å². The van der Waals surface area contributed by atoms with Gasteiger partial charge in [0.15, 0.2) is 5.84 Å². The molecule has 0 amide bonds. The van der Waals surface area contributed by atoms with Gasteiger partial charge in [-0.15, -0.1) is 10.2 Å². The number of benzene rings is 2. The highest BCUT2D eigenvalue weighted by molar-refractivity contribution is 6.00. The second-order valence-corrected chi connectivity index (χ2v) is 8.95. The molecule has 0 radical (unpaired) electrons. The van der Waals surface area contributed by atoms with Gasteiger partial charge >= 0.3 is 0 Å². The van der Waals surface area contributed by atoms with Gasteiger partial charge in [-0.2, -0.15) is 5.21 Å². The first-order chi connectivity index (χ1) is 17.6. The molecule has 5 rings (SSSR count). The molecule has 0 aliphatic carbocycles. The zero-order valence-corrected chi connectivity index (χ0v) is 21.1. The van der Waals surface area contributed by atoms with E-state index in [2.05, 4.69) is 85.7 Å². The van der Waals surface area contributed by atoms with E-state index >= 15 is 0 Å². The van der Waals surface area contributed by atoms with Crippen LogP contribution in [-0.2, 0) is 16.0 Å². The smallest absolute Gasteiger partial charge is 0.205 e. The highest BCUT2D eigenvalue weighted by Gasteiger charge is 2.36. The van der Waals surface area contributed by atoms with E-state index in [0.717, 1.165) is 48.0 Å². The summed E-state index contributed by atoms with van der Waals surface area (Å²) in [7, 11) is 3.46. The molecule has 2 aromatic carbocycles. The van der Waals surface area contributed by atoms with Crippen LogP contribution in [0.2, 0.25) is 0 Å². The SMILES string of the molecule is COCCN1CN(C(C)OC)C=C2C1=NC(C)N2Cc1ccc(-c2ccccc2-c2nn[nH]n2)cc1. The lowest BCUT2D eigenvalue weighted by Gasteiger charge is -2.40. The van der Waals surface area contributed by atoms with Crippen molar-refractivity contribution < 1.29 is 9.47 Å². The number of rotatable bonds is 9.